The molecular weight excluding hydrogens is 218 g/mol. The van der Waals surface area contributed by atoms with Crippen molar-refractivity contribution in [3.8, 4) is 0 Å². The average molecular weight is 241 g/mol. The number of hydrogen-bond donors (Lipinski definition) is 1. The maximum Gasteiger partial charge on any atom is 0.310 e. The maximum atomic E-state index is 11.9. The lowest BCUT2D eigenvalue weighted by Gasteiger charge is -2.28. The number of rotatable bonds is 3. The Hall–Kier alpha value is -0.610. The van der Waals surface area contributed by atoms with Crippen LogP contribution in [0, 0.1) is 11.8 Å². The molecule has 1 aliphatic heterocycles. The first-order valence-corrected chi connectivity index (χ1v) is 6.77. The van der Waals surface area contributed by atoms with Crippen molar-refractivity contribution in [3.63, 3.8) is 0 Å². The summed E-state index contributed by atoms with van der Waals surface area (Å²) in [7, 11) is 0. The van der Waals surface area contributed by atoms with Gasteiger partial charge in [0.15, 0.2) is 0 Å². The monoisotopic (exact) mass is 241 g/mol. The summed E-state index contributed by atoms with van der Waals surface area (Å²) in [5, 5.41) is 0. The zero-order chi connectivity index (χ0) is 12.1. The minimum absolute atomic E-state index is 0.00550. The number of esters is 1. The lowest BCUT2D eigenvalue weighted by atomic mass is 9.85. The molecule has 98 valence electrons. The molecule has 1 saturated carbocycles. The molecule has 2 atom stereocenters. The molecule has 0 aromatic carbocycles. The number of carbonyl (C=O) groups excluding carboxylic acids is 1. The van der Waals surface area contributed by atoms with Crippen LogP contribution in [0.5, 0.6) is 0 Å². The van der Waals surface area contributed by atoms with Crippen molar-refractivity contribution in [2.75, 3.05) is 19.8 Å². The molecule has 1 aliphatic carbocycles. The summed E-state index contributed by atoms with van der Waals surface area (Å²) in [4.78, 5) is 11.9. The van der Waals surface area contributed by atoms with Gasteiger partial charge in [-0.25, -0.2) is 0 Å². The first-order valence-electron chi connectivity index (χ1n) is 6.77. The highest BCUT2D eigenvalue weighted by atomic mass is 16.5. The van der Waals surface area contributed by atoms with Crippen molar-refractivity contribution in [2.45, 2.75) is 44.6 Å². The highest BCUT2D eigenvalue weighted by molar-refractivity contribution is 5.73. The Labute approximate surface area is 103 Å². The van der Waals surface area contributed by atoms with Crippen LogP contribution in [0.3, 0.4) is 0 Å². The molecular formula is C13H23NO3. The van der Waals surface area contributed by atoms with Gasteiger partial charge in [0, 0.05) is 19.3 Å². The van der Waals surface area contributed by atoms with Gasteiger partial charge in [-0.05, 0) is 31.6 Å². The second-order valence-corrected chi connectivity index (χ2v) is 5.24. The molecule has 2 N–H and O–H groups in total. The number of ether oxygens (including phenoxy) is 2. The SMILES string of the molecule is NC1CCCCC1C(=O)OCC1CCOCC1. The molecule has 17 heavy (non-hydrogen) atoms. The first-order chi connectivity index (χ1) is 8.27. The summed E-state index contributed by atoms with van der Waals surface area (Å²) in [6.45, 7) is 2.14. The van der Waals surface area contributed by atoms with Crippen molar-refractivity contribution in [1.82, 2.24) is 0 Å². The smallest absolute Gasteiger partial charge is 0.310 e. The van der Waals surface area contributed by atoms with Crippen LogP contribution in [0.1, 0.15) is 38.5 Å². The van der Waals surface area contributed by atoms with Crippen LogP contribution in [-0.2, 0) is 14.3 Å². The molecule has 0 bridgehead atoms. The van der Waals surface area contributed by atoms with Crippen LogP contribution in [0.4, 0.5) is 0 Å². The standard InChI is InChI=1S/C13H23NO3/c14-12-4-2-1-3-11(12)13(15)17-9-10-5-7-16-8-6-10/h10-12H,1-9,14H2. The molecule has 0 spiro atoms. The van der Waals surface area contributed by atoms with Crippen molar-refractivity contribution in [2.24, 2.45) is 17.6 Å². The Kier molecular flexibility index (Phi) is 4.80. The predicted molar refractivity (Wildman–Crippen MR) is 64.4 cm³/mol. The predicted octanol–water partition coefficient (Wildman–Crippen LogP) is 1.47. The summed E-state index contributed by atoms with van der Waals surface area (Å²) >= 11 is 0. The maximum absolute atomic E-state index is 11.9. The molecule has 1 saturated heterocycles. The van der Waals surface area contributed by atoms with Gasteiger partial charge in [0.2, 0.25) is 0 Å². The molecule has 0 aromatic heterocycles. The lowest BCUT2D eigenvalue weighted by Crippen LogP contribution is -2.39. The molecule has 0 amide bonds. The minimum atomic E-state index is -0.0799. The van der Waals surface area contributed by atoms with E-state index < -0.39 is 0 Å². The third-order valence-corrected chi connectivity index (χ3v) is 3.92. The quantitative estimate of drug-likeness (QED) is 0.760. The highest BCUT2D eigenvalue weighted by Gasteiger charge is 2.30. The van der Waals surface area contributed by atoms with E-state index >= 15 is 0 Å². The fraction of sp³-hybridized carbons (Fsp3) is 0.923. The Morgan fingerprint density at radius 1 is 1.18 bits per heavy atom. The number of carbonyl (C=O) groups is 1. The summed E-state index contributed by atoms with van der Waals surface area (Å²) in [5.74, 6) is 0.333. The van der Waals surface area contributed by atoms with E-state index in [9.17, 15) is 4.79 Å². The van der Waals surface area contributed by atoms with Crippen LogP contribution in [0.2, 0.25) is 0 Å². The minimum Gasteiger partial charge on any atom is -0.465 e. The Balaban J connectivity index is 1.72. The summed E-state index contributed by atoms with van der Waals surface area (Å²) < 4.78 is 10.7. The fourth-order valence-electron chi connectivity index (χ4n) is 2.67. The van der Waals surface area contributed by atoms with Gasteiger partial charge in [-0.15, -0.1) is 0 Å². The van der Waals surface area contributed by atoms with Crippen molar-refractivity contribution in [3.05, 3.63) is 0 Å². The Morgan fingerprint density at radius 3 is 2.59 bits per heavy atom. The first kappa shape index (κ1) is 12.8. The van der Waals surface area contributed by atoms with Gasteiger partial charge < -0.3 is 15.2 Å². The summed E-state index contributed by atoms with van der Waals surface area (Å²) in [6.07, 6.45) is 6.11. The van der Waals surface area contributed by atoms with E-state index in [1.165, 1.54) is 0 Å². The van der Waals surface area contributed by atoms with Crippen LogP contribution in [0.25, 0.3) is 0 Å². The molecule has 2 rings (SSSR count). The van der Waals surface area contributed by atoms with E-state index in [1.54, 1.807) is 0 Å². The van der Waals surface area contributed by atoms with Gasteiger partial charge in [-0.3, -0.25) is 4.79 Å². The van der Waals surface area contributed by atoms with E-state index in [0.29, 0.717) is 12.5 Å². The van der Waals surface area contributed by atoms with Gasteiger partial charge >= 0.3 is 5.97 Å². The zero-order valence-electron chi connectivity index (χ0n) is 10.4. The van der Waals surface area contributed by atoms with E-state index in [4.69, 9.17) is 15.2 Å². The zero-order valence-corrected chi connectivity index (χ0v) is 10.4. The molecule has 2 aliphatic rings. The summed E-state index contributed by atoms with van der Waals surface area (Å²) in [6, 6.07) is 0.00550. The van der Waals surface area contributed by atoms with Crippen LogP contribution in [0.15, 0.2) is 0 Å². The molecule has 4 heteroatoms. The van der Waals surface area contributed by atoms with Crippen molar-refractivity contribution < 1.29 is 14.3 Å². The Morgan fingerprint density at radius 2 is 1.88 bits per heavy atom. The summed E-state index contributed by atoms with van der Waals surface area (Å²) in [5.41, 5.74) is 5.97. The molecule has 4 nitrogen and oxygen atoms in total. The van der Waals surface area contributed by atoms with Gasteiger partial charge in [0.25, 0.3) is 0 Å². The molecule has 2 fully saturated rings. The normalized spacial score (nSPS) is 31.1. The second-order valence-electron chi connectivity index (χ2n) is 5.24. The van der Waals surface area contributed by atoms with Crippen LogP contribution < -0.4 is 5.73 Å². The van der Waals surface area contributed by atoms with Gasteiger partial charge in [-0.1, -0.05) is 12.8 Å². The van der Waals surface area contributed by atoms with Gasteiger partial charge in [0.05, 0.1) is 12.5 Å². The number of hydrogen-bond acceptors (Lipinski definition) is 4. The second kappa shape index (κ2) is 6.36. The van der Waals surface area contributed by atoms with E-state index in [0.717, 1.165) is 51.7 Å². The Bertz CT molecular complexity index is 251. The third kappa shape index (κ3) is 3.68. The van der Waals surface area contributed by atoms with E-state index in [1.807, 2.05) is 0 Å². The van der Waals surface area contributed by atoms with E-state index in [-0.39, 0.29) is 17.9 Å². The fourth-order valence-corrected chi connectivity index (χ4v) is 2.67. The molecule has 0 aromatic rings. The van der Waals surface area contributed by atoms with Crippen LogP contribution >= 0.6 is 0 Å². The lowest BCUT2D eigenvalue weighted by molar-refractivity contribution is -0.152. The van der Waals surface area contributed by atoms with Crippen LogP contribution in [-0.4, -0.2) is 31.8 Å². The van der Waals surface area contributed by atoms with Gasteiger partial charge in [0.1, 0.15) is 0 Å². The van der Waals surface area contributed by atoms with Crippen molar-refractivity contribution >= 4 is 5.97 Å². The third-order valence-electron chi connectivity index (χ3n) is 3.92. The molecule has 0 radical (unpaired) electrons. The highest BCUT2D eigenvalue weighted by Crippen LogP contribution is 2.24. The molecule has 2 unspecified atom stereocenters. The largest absolute Gasteiger partial charge is 0.465 e. The van der Waals surface area contributed by atoms with Crippen molar-refractivity contribution in [1.29, 1.82) is 0 Å². The number of nitrogens with two attached hydrogens (primary N) is 1. The van der Waals surface area contributed by atoms with Gasteiger partial charge in [-0.2, -0.15) is 0 Å². The van der Waals surface area contributed by atoms with E-state index in [2.05, 4.69) is 0 Å². The average Bonchev–Trinajstić information content (AvgIpc) is 2.38. The topological polar surface area (TPSA) is 61.6 Å². The molecule has 1 heterocycles.